The molecule has 0 bridgehead atoms. The van der Waals surface area contributed by atoms with Crippen molar-refractivity contribution in [1.82, 2.24) is 15.0 Å². The van der Waals surface area contributed by atoms with E-state index in [1.165, 1.54) is 6.07 Å². The van der Waals surface area contributed by atoms with Gasteiger partial charge in [0, 0.05) is 18.2 Å². The molecule has 0 saturated carbocycles. The lowest BCUT2D eigenvalue weighted by molar-refractivity contribution is -0.385. The molecule has 0 saturated heterocycles. The quantitative estimate of drug-likeness (QED) is 0.649. The fraction of sp³-hybridized carbons (Fsp3) is 0.273. The van der Waals surface area contributed by atoms with Crippen molar-refractivity contribution < 1.29 is 4.92 Å². The van der Waals surface area contributed by atoms with Crippen LogP contribution in [0, 0.1) is 24.0 Å². The highest BCUT2D eigenvalue weighted by Crippen LogP contribution is 2.24. The van der Waals surface area contributed by atoms with Gasteiger partial charge in [-0.2, -0.15) is 0 Å². The number of nitro groups is 1. The topological polar surface area (TPSA) is 99.9 Å². The van der Waals surface area contributed by atoms with Crippen molar-refractivity contribution in [2.24, 2.45) is 5.73 Å². The Morgan fingerprint density at radius 3 is 2.67 bits per heavy atom. The summed E-state index contributed by atoms with van der Waals surface area (Å²) in [5.74, 6) is 0. The molecule has 1 heterocycles. The van der Waals surface area contributed by atoms with Crippen LogP contribution in [0.3, 0.4) is 0 Å². The van der Waals surface area contributed by atoms with Crippen LogP contribution in [0.15, 0.2) is 18.3 Å². The summed E-state index contributed by atoms with van der Waals surface area (Å²) in [6.45, 7) is 3.80. The smallest absolute Gasteiger partial charge is 0.272 e. The fourth-order valence-electron chi connectivity index (χ4n) is 1.74. The van der Waals surface area contributed by atoms with Gasteiger partial charge in [-0.15, -0.1) is 5.10 Å². The monoisotopic (exact) mass is 247 g/mol. The van der Waals surface area contributed by atoms with E-state index < -0.39 is 4.92 Å². The molecule has 94 valence electrons. The van der Waals surface area contributed by atoms with Crippen molar-refractivity contribution in [3.63, 3.8) is 0 Å². The van der Waals surface area contributed by atoms with Crippen LogP contribution in [-0.2, 0) is 6.54 Å². The number of nitro benzene ring substituents is 1. The van der Waals surface area contributed by atoms with E-state index in [-0.39, 0.29) is 5.69 Å². The van der Waals surface area contributed by atoms with Crippen molar-refractivity contribution in [2.45, 2.75) is 20.4 Å². The number of hydrogen-bond donors (Lipinski definition) is 1. The third-order valence-corrected chi connectivity index (χ3v) is 2.71. The van der Waals surface area contributed by atoms with Gasteiger partial charge in [-0.1, -0.05) is 5.21 Å². The second-order valence-corrected chi connectivity index (χ2v) is 4.04. The summed E-state index contributed by atoms with van der Waals surface area (Å²) in [6, 6.07) is 3.26. The molecule has 2 N–H and O–H groups in total. The lowest BCUT2D eigenvalue weighted by Crippen LogP contribution is -2.01. The summed E-state index contributed by atoms with van der Waals surface area (Å²) in [5.41, 5.74) is 8.37. The van der Waals surface area contributed by atoms with E-state index in [4.69, 9.17) is 5.73 Å². The van der Waals surface area contributed by atoms with Gasteiger partial charge in [-0.3, -0.25) is 10.1 Å². The summed E-state index contributed by atoms with van der Waals surface area (Å²) >= 11 is 0. The fourth-order valence-corrected chi connectivity index (χ4v) is 1.74. The number of rotatable bonds is 3. The Labute approximate surface area is 103 Å². The van der Waals surface area contributed by atoms with Crippen molar-refractivity contribution in [2.75, 3.05) is 0 Å². The van der Waals surface area contributed by atoms with E-state index in [0.717, 1.165) is 11.3 Å². The highest BCUT2D eigenvalue weighted by molar-refractivity contribution is 5.52. The number of benzene rings is 1. The van der Waals surface area contributed by atoms with Crippen LogP contribution in [0.25, 0.3) is 5.69 Å². The van der Waals surface area contributed by atoms with E-state index in [2.05, 4.69) is 10.3 Å². The molecule has 0 aliphatic rings. The molecular formula is C11H13N5O2. The summed E-state index contributed by atoms with van der Waals surface area (Å²) in [7, 11) is 0. The predicted octanol–water partition coefficient (Wildman–Crippen LogP) is 1.25. The maximum atomic E-state index is 10.8. The molecule has 0 fully saturated rings. The predicted molar refractivity (Wildman–Crippen MR) is 65.4 cm³/mol. The number of aromatic nitrogens is 3. The molecule has 1 aromatic carbocycles. The summed E-state index contributed by atoms with van der Waals surface area (Å²) in [4.78, 5) is 10.4. The van der Waals surface area contributed by atoms with Crippen LogP contribution in [0.5, 0.6) is 0 Å². The van der Waals surface area contributed by atoms with Crippen LogP contribution in [-0.4, -0.2) is 19.9 Å². The normalized spacial score (nSPS) is 10.6. The zero-order valence-corrected chi connectivity index (χ0v) is 10.1. The van der Waals surface area contributed by atoms with Crippen LogP contribution >= 0.6 is 0 Å². The van der Waals surface area contributed by atoms with E-state index in [1.807, 2.05) is 0 Å². The Kier molecular flexibility index (Phi) is 3.07. The molecule has 7 heteroatoms. The molecule has 0 radical (unpaired) electrons. The third kappa shape index (κ3) is 2.07. The lowest BCUT2D eigenvalue weighted by atomic mass is 10.1. The average molecular weight is 247 g/mol. The minimum Gasteiger partial charge on any atom is -0.325 e. The van der Waals surface area contributed by atoms with Crippen molar-refractivity contribution >= 4 is 5.69 Å². The van der Waals surface area contributed by atoms with E-state index in [9.17, 15) is 10.1 Å². The standard InChI is InChI=1S/C11H13N5O2/c1-7-4-11(16(17)18)8(2)3-10(7)15-6-9(5-12)13-14-15/h3-4,6H,5,12H2,1-2H3. The maximum Gasteiger partial charge on any atom is 0.272 e. The first kappa shape index (κ1) is 12.2. The Morgan fingerprint density at radius 2 is 2.11 bits per heavy atom. The molecule has 1 aromatic heterocycles. The second-order valence-electron chi connectivity index (χ2n) is 4.04. The Bertz CT molecular complexity index is 605. The molecule has 0 amide bonds. The number of nitrogens with two attached hydrogens (primary N) is 1. The first-order valence-electron chi connectivity index (χ1n) is 5.40. The average Bonchev–Trinajstić information content (AvgIpc) is 2.79. The largest absolute Gasteiger partial charge is 0.325 e. The van der Waals surface area contributed by atoms with Gasteiger partial charge in [0.2, 0.25) is 0 Å². The van der Waals surface area contributed by atoms with Crippen LogP contribution in [0.1, 0.15) is 16.8 Å². The van der Waals surface area contributed by atoms with Gasteiger partial charge in [0.15, 0.2) is 0 Å². The maximum absolute atomic E-state index is 10.8. The van der Waals surface area contributed by atoms with Crippen molar-refractivity contribution in [1.29, 1.82) is 0 Å². The van der Waals surface area contributed by atoms with Crippen molar-refractivity contribution in [3.8, 4) is 5.69 Å². The summed E-state index contributed by atoms with van der Waals surface area (Å²) < 4.78 is 1.58. The second kappa shape index (κ2) is 4.53. The highest BCUT2D eigenvalue weighted by atomic mass is 16.6. The number of hydrogen-bond acceptors (Lipinski definition) is 5. The van der Waals surface area contributed by atoms with Crippen LogP contribution < -0.4 is 5.73 Å². The van der Waals surface area contributed by atoms with Gasteiger partial charge in [0.05, 0.1) is 22.5 Å². The molecule has 0 atom stereocenters. The Hall–Kier alpha value is -2.28. The third-order valence-electron chi connectivity index (χ3n) is 2.71. The zero-order valence-electron chi connectivity index (χ0n) is 10.1. The first-order chi connectivity index (χ1) is 8.52. The Balaban J connectivity index is 2.52. The molecule has 0 aliphatic carbocycles. The van der Waals surface area contributed by atoms with Gasteiger partial charge < -0.3 is 5.73 Å². The molecule has 7 nitrogen and oxygen atoms in total. The molecule has 0 aliphatic heterocycles. The minimum atomic E-state index is -0.390. The summed E-state index contributed by atoms with van der Waals surface area (Å²) in [6.07, 6.45) is 1.72. The molecule has 2 aromatic rings. The van der Waals surface area contributed by atoms with Crippen LogP contribution in [0.2, 0.25) is 0 Å². The molecule has 18 heavy (non-hydrogen) atoms. The van der Waals surface area contributed by atoms with Crippen LogP contribution in [0.4, 0.5) is 5.69 Å². The lowest BCUT2D eigenvalue weighted by Gasteiger charge is -2.06. The molecule has 0 unspecified atom stereocenters. The van der Waals surface area contributed by atoms with Gasteiger partial charge in [-0.05, 0) is 25.5 Å². The van der Waals surface area contributed by atoms with E-state index in [1.54, 1.807) is 30.8 Å². The molecular weight excluding hydrogens is 234 g/mol. The summed E-state index contributed by atoms with van der Waals surface area (Å²) in [5, 5.41) is 18.7. The minimum absolute atomic E-state index is 0.107. The number of nitrogens with zero attached hydrogens (tertiary/aromatic N) is 4. The van der Waals surface area contributed by atoms with E-state index >= 15 is 0 Å². The van der Waals surface area contributed by atoms with Gasteiger partial charge >= 0.3 is 0 Å². The van der Waals surface area contributed by atoms with Crippen molar-refractivity contribution in [3.05, 3.63) is 45.3 Å². The SMILES string of the molecule is Cc1cc([N+](=O)[O-])c(C)cc1-n1cc(CN)nn1. The first-order valence-corrected chi connectivity index (χ1v) is 5.40. The van der Waals surface area contributed by atoms with Gasteiger partial charge in [-0.25, -0.2) is 4.68 Å². The van der Waals surface area contributed by atoms with Gasteiger partial charge in [0.1, 0.15) is 0 Å². The Morgan fingerprint density at radius 1 is 1.39 bits per heavy atom. The number of aryl methyl sites for hydroxylation is 2. The molecule has 0 spiro atoms. The van der Waals surface area contributed by atoms with Gasteiger partial charge in [0.25, 0.3) is 5.69 Å². The van der Waals surface area contributed by atoms with E-state index in [0.29, 0.717) is 17.8 Å². The molecule has 2 rings (SSSR count). The highest BCUT2D eigenvalue weighted by Gasteiger charge is 2.14. The zero-order chi connectivity index (χ0) is 13.3.